The molecule has 2 amide bonds. The third kappa shape index (κ3) is 7.04. The Morgan fingerprint density at radius 3 is 2.28 bits per heavy atom. The van der Waals surface area contributed by atoms with Gasteiger partial charge in [0.25, 0.3) is 0 Å². The molecule has 25 heavy (non-hydrogen) atoms. The molecule has 2 aromatic carbocycles. The number of amides is 2. The van der Waals surface area contributed by atoms with Crippen LogP contribution in [0, 0.1) is 3.57 Å². The minimum absolute atomic E-state index is 0.0991. The topological polar surface area (TPSA) is 70.6 Å². The maximum absolute atomic E-state index is 11.9. The second-order valence-electron chi connectivity index (χ2n) is 5.51. The SMILES string of the molecule is C/C(=N/NC(=O)CCCC(=O)Nc1ccc(I)cc1)c1ccccc1. The summed E-state index contributed by atoms with van der Waals surface area (Å²) >= 11 is 2.21. The van der Waals surface area contributed by atoms with Gasteiger partial charge >= 0.3 is 0 Å². The van der Waals surface area contributed by atoms with E-state index in [1.807, 2.05) is 61.5 Å². The molecule has 0 aliphatic rings. The molecule has 5 nitrogen and oxygen atoms in total. The molecule has 2 aromatic rings. The van der Waals surface area contributed by atoms with E-state index in [0.717, 1.165) is 20.5 Å². The van der Waals surface area contributed by atoms with Gasteiger partial charge in [0.1, 0.15) is 0 Å². The van der Waals surface area contributed by atoms with E-state index >= 15 is 0 Å². The number of hydrogen-bond donors (Lipinski definition) is 2. The number of rotatable bonds is 7. The average molecular weight is 449 g/mol. The van der Waals surface area contributed by atoms with Crippen LogP contribution in [0.15, 0.2) is 59.7 Å². The van der Waals surface area contributed by atoms with E-state index in [4.69, 9.17) is 0 Å². The number of hydrazone groups is 1. The Hall–Kier alpha value is -2.22. The number of benzene rings is 2. The molecular weight excluding hydrogens is 429 g/mol. The van der Waals surface area contributed by atoms with Gasteiger partial charge in [0, 0.05) is 22.1 Å². The standard InChI is InChI=1S/C19H20IN3O2/c1-14(15-6-3-2-4-7-15)22-23-19(25)9-5-8-18(24)21-17-12-10-16(20)11-13-17/h2-4,6-7,10-13H,5,8-9H2,1H3,(H,21,24)(H,23,25)/b22-14-. The zero-order valence-electron chi connectivity index (χ0n) is 14.0. The van der Waals surface area contributed by atoms with Crippen molar-refractivity contribution in [3.8, 4) is 0 Å². The molecule has 0 saturated heterocycles. The normalized spacial score (nSPS) is 11.0. The van der Waals surface area contributed by atoms with Gasteiger partial charge in [0.05, 0.1) is 5.71 Å². The van der Waals surface area contributed by atoms with Gasteiger partial charge in [0.15, 0.2) is 0 Å². The predicted molar refractivity (Wildman–Crippen MR) is 108 cm³/mol. The summed E-state index contributed by atoms with van der Waals surface area (Å²) in [6.07, 6.45) is 1.02. The summed E-state index contributed by atoms with van der Waals surface area (Å²) < 4.78 is 1.11. The van der Waals surface area contributed by atoms with Crippen LogP contribution >= 0.6 is 22.6 Å². The van der Waals surface area contributed by atoms with Crippen LogP contribution < -0.4 is 10.7 Å². The number of hydrogen-bond acceptors (Lipinski definition) is 3. The number of carbonyl (C=O) groups excluding carboxylic acids is 2. The third-order valence-corrected chi connectivity index (χ3v) is 4.19. The molecule has 0 heterocycles. The second-order valence-corrected chi connectivity index (χ2v) is 6.75. The Labute approximate surface area is 161 Å². The van der Waals surface area contributed by atoms with Crippen LogP contribution in [0.4, 0.5) is 5.69 Å². The molecule has 0 bridgehead atoms. The van der Waals surface area contributed by atoms with E-state index in [1.165, 1.54) is 0 Å². The Kier molecular flexibility index (Phi) is 7.59. The quantitative estimate of drug-likeness (QED) is 0.382. The fourth-order valence-electron chi connectivity index (χ4n) is 2.11. The molecule has 2 rings (SSSR count). The highest BCUT2D eigenvalue weighted by molar-refractivity contribution is 14.1. The van der Waals surface area contributed by atoms with Crippen molar-refractivity contribution in [2.75, 3.05) is 5.32 Å². The fraction of sp³-hybridized carbons (Fsp3) is 0.211. The van der Waals surface area contributed by atoms with E-state index in [2.05, 4.69) is 38.4 Å². The van der Waals surface area contributed by atoms with E-state index in [9.17, 15) is 9.59 Å². The minimum atomic E-state index is -0.197. The van der Waals surface area contributed by atoms with E-state index < -0.39 is 0 Å². The molecule has 0 aromatic heterocycles. The second kappa shape index (κ2) is 9.93. The lowest BCUT2D eigenvalue weighted by Crippen LogP contribution is -2.20. The van der Waals surface area contributed by atoms with Gasteiger partial charge in [-0.2, -0.15) is 5.10 Å². The molecule has 0 atom stereocenters. The van der Waals surface area contributed by atoms with Gasteiger partial charge in [-0.15, -0.1) is 0 Å². The van der Waals surface area contributed by atoms with Crippen molar-refractivity contribution >= 4 is 45.8 Å². The van der Waals surface area contributed by atoms with Gasteiger partial charge < -0.3 is 5.32 Å². The Bertz CT molecular complexity index is 743. The first-order valence-corrected chi connectivity index (χ1v) is 9.06. The smallest absolute Gasteiger partial charge is 0.240 e. The Morgan fingerprint density at radius 1 is 0.960 bits per heavy atom. The van der Waals surface area contributed by atoms with E-state index in [1.54, 1.807) is 0 Å². The summed E-state index contributed by atoms with van der Waals surface area (Å²) in [7, 11) is 0. The highest BCUT2D eigenvalue weighted by Crippen LogP contribution is 2.11. The molecule has 6 heteroatoms. The molecule has 2 N–H and O–H groups in total. The van der Waals surface area contributed by atoms with Gasteiger partial charge in [-0.05, 0) is 65.8 Å². The van der Waals surface area contributed by atoms with E-state index in [0.29, 0.717) is 12.8 Å². The zero-order valence-corrected chi connectivity index (χ0v) is 16.1. The largest absolute Gasteiger partial charge is 0.326 e. The number of anilines is 1. The first-order valence-electron chi connectivity index (χ1n) is 7.98. The lowest BCUT2D eigenvalue weighted by molar-refractivity contribution is -0.121. The van der Waals surface area contributed by atoms with Crippen molar-refractivity contribution in [3.05, 3.63) is 63.7 Å². The molecule has 130 valence electrons. The van der Waals surface area contributed by atoms with Crippen molar-refractivity contribution in [1.29, 1.82) is 0 Å². The van der Waals surface area contributed by atoms with Crippen LogP contribution in [-0.4, -0.2) is 17.5 Å². The summed E-state index contributed by atoms with van der Waals surface area (Å²) in [6.45, 7) is 1.84. The predicted octanol–water partition coefficient (Wildman–Crippen LogP) is 3.94. The molecule has 0 radical (unpaired) electrons. The molecule has 0 aliphatic heterocycles. The lowest BCUT2D eigenvalue weighted by Gasteiger charge is -2.05. The fourth-order valence-corrected chi connectivity index (χ4v) is 2.47. The number of nitrogens with one attached hydrogen (secondary N) is 2. The number of carbonyl (C=O) groups is 2. The number of nitrogens with zero attached hydrogens (tertiary/aromatic N) is 1. The molecule has 0 spiro atoms. The summed E-state index contributed by atoms with van der Waals surface area (Å²) in [5, 5.41) is 6.90. The summed E-state index contributed by atoms with van der Waals surface area (Å²) in [4.78, 5) is 23.7. The van der Waals surface area contributed by atoms with Gasteiger partial charge in [-0.1, -0.05) is 30.3 Å². The maximum Gasteiger partial charge on any atom is 0.240 e. The molecule has 0 saturated carbocycles. The van der Waals surface area contributed by atoms with Crippen LogP contribution in [0.5, 0.6) is 0 Å². The minimum Gasteiger partial charge on any atom is -0.326 e. The number of halogens is 1. The van der Waals surface area contributed by atoms with Crippen molar-refractivity contribution < 1.29 is 9.59 Å². The summed E-state index contributed by atoms with van der Waals surface area (Å²) in [6, 6.07) is 17.2. The molecular formula is C19H20IN3O2. The van der Waals surface area contributed by atoms with Crippen molar-refractivity contribution in [2.24, 2.45) is 5.10 Å². The van der Waals surface area contributed by atoms with Crippen LogP contribution in [0.3, 0.4) is 0 Å². The van der Waals surface area contributed by atoms with Crippen LogP contribution in [0.1, 0.15) is 31.7 Å². The highest BCUT2D eigenvalue weighted by atomic mass is 127. The Morgan fingerprint density at radius 2 is 1.60 bits per heavy atom. The maximum atomic E-state index is 11.9. The summed E-state index contributed by atoms with van der Waals surface area (Å²) in [5.41, 5.74) is 4.99. The Balaban J connectivity index is 1.69. The lowest BCUT2D eigenvalue weighted by atomic mass is 10.1. The monoisotopic (exact) mass is 449 g/mol. The van der Waals surface area contributed by atoms with Gasteiger partial charge in [-0.25, -0.2) is 5.43 Å². The van der Waals surface area contributed by atoms with Crippen LogP contribution in [0.25, 0.3) is 0 Å². The van der Waals surface area contributed by atoms with Crippen LogP contribution in [-0.2, 0) is 9.59 Å². The summed E-state index contributed by atoms with van der Waals surface area (Å²) in [5.74, 6) is -0.296. The molecule has 0 fully saturated rings. The zero-order chi connectivity index (χ0) is 18.1. The molecule has 0 unspecified atom stereocenters. The average Bonchev–Trinajstić information content (AvgIpc) is 2.62. The third-order valence-electron chi connectivity index (χ3n) is 3.48. The van der Waals surface area contributed by atoms with Gasteiger partial charge in [0.2, 0.25) is 11.8 Å². The van der Waals surface area contributed by atoms with Crippen molar-refractivity contribution in [2.45, 2.75) is 26.2 Å². The first-order chi connectivity index (χ1) is 12.0. The van der Waals surface area contributed by atoms with Crippen molar-refractivity contribution in [1.82, 2.24) is 5.43 Å². The highest BCUT2D eigenvalue weighted by Gasteiger charge is 2.06. The van der Waals surface area contributed by atoms with Gasteiger partial charge in [-0.3, -0.25) is 9.59 Å². The van der Waals surface area contributed by atoms with E-state index in [-0.39, 0.29) is 18.2 Å². The molecule has 0 aliphatic carbocycles. The first kappa shape index (κ1) is 19.1. The van der Waals surface area contributed by atoms with Crippen LogP contribution in [0.2, 0.25) is 0 Å². The van der Waals surface area contributed by atoms with Crippen molar-refractivity contribution in [3.63, 3.8) is 0 Å².